The molecule has 0 atom stereocenters. The Morgan fingerprint density at radius 2 is 2.00 bits per heavy atom. The molecule has 0 amide bonds. The Morgan fingerprint density at radius 3 is 2.72 bits per heavy atom. The molecule has 32 heavy (non-hydrogen) atoms. The van der Waals surface area contributed by atoms with E-state index in [-0.39, 0.29) is 23.1 Å². The van der Waals surface area contributed by atoms with E-state index in [0.717, 1.165) is 10.9 Å². The number of aromatic amines is 1. The second-order valence-corrected chi connectivity index (χ2v) is 8.05. The molecule has 4 N–H and O–H groups in total. The molecule has 0 aliphatic heterocycles. The van der Waals surface area contributed by atoms with Crippen molar-refractivity contribution >= 4 is 33.9 Å². The average molecular weight is 434 g/mol. The number of hydrogen-bond acceptors (Lipinski definition) is 7. The minimum absolute atomic E-state index is 0.182. The summed E-state index contributed by atoms with van der Waals surface area (Å²) in [5.74, 6) is -0.296. The Balaban J connectivity index is 1.68. The zero-order valence-corrected chi connectivity index (χ0v) is 17.4. The second kappa shape index (κ2) is 7.63. The van der Waals surface area contributed by atoms with Crippen LogP contribution < -0.4 is 16.0 Å². The maximum atomic E-state index is 13.6. The van der Waals surface area contributed by atoms with E-state index in [0.29, 0.717) is 48.3 Å². The fourth-order valence-electron chi connectivity index (χ4n) is 4.50. The highest BCUT2D eigenvalue weighted by Gasteiger charge is 2.30. The number of hydrogen-bond donors (Lipinski definition) is 3. The molecule has 0 saturated heterocycles. The van der Waals surface area contributed by atoms with Crippen molar-refractivity contribution in [2.24, 2.45) is 5.92 Å². The Bertz CT molecular complexity index is 1400. The molecule has 0 unspecified atom stereocenters. The number of methoxy groups -OCH3 is 1. The highest BCUT2D eigenvalue weighted by molar-refractivity contribution is 5.88. The Kier molecular flexibility index (Phi) is 4.76. The number of nitrogens with zero attached hydrogens (tertiary/aromatic N) is 4. The van der Waals surface area contributed by atoms with Crippen LogP contribution in [0.5, 0.6) is 5.75 Å². The monoisotopic (exact) mass is 434 g/mol. The van der Waals surface area contributed by atoms with E-state index in [1.807, 2.05) is 24.3 Å². The molecule has 5 rings (SSSR count). The third-order valence-electron chi connectivity index (χ3n) is 6.20. The van der Waals surface area contributed by atoms with Crippen molar-refractivity contribution in [3.05, 3.63) is 40.9 Å². The first-order valence-electron chi connectivity index (χ1n) is 10.4. The molecule has 164 valence electrons. The molecule has 10 nitrogen and oxygen atoms in total. The van der Waals surface area contributed by atoms with Crippen LogP contribution in [0.2, 0.25) is 0 Å². The van der Waals surface area contributed by atoms with E-state index in [4.69, 9.17) is 10.5 Å². The van der Waals surface area contributed by atoms with Crippen molar-refractivity contribution < 1.29 is 14.6 Å². The van der Waals surface area contributed by atoms with Gasteiger partial charge in [0.05, 0.1) is 18.7 Å². The fourth-order valence-corrected chi connectivity index (χ4v) is 4.50. The number of aliphatic carboxylic acids is 1. The highest BCUT2D eigenvalue weighted by atomic mass is 16.5. The summed E-state index contributed by atoms with van der Waals surface area (Å²) in [4.78, 5) is 41.1. The van der Waals surface area contributed by atoms with Crippen molar-refractivity contribution in [2.45, 2.75) is 31.7 Å². The lowest BCUT2D eigenvalue weighted by atomic mass is 9.86. The number of nitrogen functional groups attached to an aromatic ring is 1. The predicted molar refractivity (Wildman–Crippen MR) is 118 cm³/mol. The third kappa shape index (κ3) is 3.24. The summed E-state index contributed by atoms with van der Waals surface area (Å²) in [7, 11) is 1.60. The molecule has 1 fully saturated rings. The normalized spacial score (nSPS) is 18.8. The largest absolute Gasteiger partial charge is 0.497 e. The van der Waals surface area contributed by atoms with Crippen LogP contribution in [0.1, 0.15) is 31.7 Å². The van der Waals surface area contributed by atoms with Crippen molar-refractivity contribution in [3.63, 3.8) is 0 Å². The van der Waals surface area contributed by atoms with E-state index >= 15 is 0 Å². The lowest BCUT2D eigenvalue weighted by Gasteiger charge is -2.28. The van der Waals surface area contributed by atoms with Gasteiger partial charge in [-0.05, 0) is 49.9 Å². The quantitative estimate of drug-likeness (QED) is 0.444. The van der Waals surface area contributed by atoms with Gasteiger partial charge in [-0.15, -0.1) is 0 Å². The van der Waals surface area contributed by atoms with Gasteiger partial charge in [-0.3, -0.25) is 14.2 Å². The van der Waals surface area contributed by atoms with E-state index in [1.54, 1.807) is 11.7 Å². The van der Waals surface area contributed by atoms with Gasteiger partial charge in [-0.1, -0.05) is 0 Å². The number of nitrogens with two attached hydrogens (primary N) is 1. The van der Waals surface area contributed by atoms with Crippen LogP contribution in [0.15, 0.2) is 35.4 Å². The molecular weight excluding hydrogens is 412 g/mol. The number of H-pyrrole nitrogens is 1. The minimum atomic E-state index is -0.795. The SMILES string of the molecule is COc1ccc2[nH]c(-c3nc4c(N)ncnc4n(C4CCC(C(=O)O)CC4)c3=O)cc2c1. The van der Waals surface area contributed by atoms with Gasteiger partial charge >= 0.3 is 5.97 Å². The van der Waals surface area contributed by atoms with Gasteiger partial charge in [0.15, 0.2) is 17.2 Å². The number of carboxylic acid groups (broad SMARTS) is 1. The number of fused-ring (bicyclic) bond motifs is 2. The van der Waals surface area contributed by atoms with Crippen molar-refractivity contribution in [1.82, 2.24) is 24.5 Å². The van der Waals surface area contributed by atoms with Crippen molar-refractivity contribution in [3.8, 4) is 17.1 Å². The molecule has 1 saturated carbocycles. The lowest BCUT2D eigenvalue weighted by Crippen LogP contribution is -2.32. The molecule has 1 aliphatic rings. The fraction of sp³-hybridized carbons (Fsp3) is 0.318. The van der Waals surface area contributed by atoms with Crippen molar-refractivity contribution in [2.75, 3.05) is 12.8 Å². The lowest BCUT2D eigenvalue weighted by molar-refractivity contribution is -0.143. The van der Waals surface area contributed by atoms with E-state index in [1.165, 1.54) is 6.33 Å². The van der Waals surface area contributed by atoms with Gasteiger partial charge in [-0.2, -0.15) is 0 Å². The van der Waals surface area contributed by atoms with E-state index < -0.39 is 11.9 Å². The molecule has 1 aromatic carbocycles. The molecular formula is C22H22N6O4. The van der Waals surface area contributed by atoms with Crippen LogP contribution in [0.25, 0.3) is 33.5 Å². The van der Waals surface area contributed by atoms with Gasteiger partial charge in [0.2, 0.25) is 0 Å². The van der Waals surface area contributed by atoms with Gasteiger partial charge < -0.3 is 20.6 Å². The first-order chi connectivity index (χ1) is 15.5. The summed E-state index contributed by atoms with van der Waals surface area (Å²) in [6.07, 6.45) is 3.43. The molecule has 10 heteroatoms. The maximum absolute atomic E-state index is 13.6. The summed E-state index contributed by atoms with van der Waals surface area (Å²) >= 11 is 0. The van der Waals surface area contributed by atoms with Gasteiger partial charge in [0.1, 0.15) is 17.6 Å². The van der Waals surface area contributed by atoms with Crippen LogP contribution in [0.3, 0.4) is 0 Å². The number of ether oxygens (including phenoxy) is 1. The molecule has 0 spiro atoms. The van der Waals surface area contributed by atoms with Gasteiger partial charge in [-0.25, -0.2) is 15.0 Å². The predicted octanol–water partition coefficient (Wildman–Crippen LogP) is 2.74. The molecule has 4 aromatic rings. The van der Waals surface area contributed by atoms with Gasteiger partial charge in [0, 0.05) is 16.9 Å². The summed E-state index contributed by atoms with van der Waals surface area (Å²) < 4.78 is 6.90. The molecule has 0 bridgehead atoms. The first kappa shape index (κ1) is 20.0. The Hall–Kier alpha value is -3.95. The maximum Gasteiger partial charge on any atom is 0.306 e. The van der Waals surface area contributed by atoms with Crippen LogP contribution in [-0.2, 0) is 4.79 Å². The smallest absolute Gasteiger partial charge is 0.306 e. The summed E-state index contributed by atoms with van der Waals surface area (Å²) in [6, 6.07) is 7.24. The standard InChI is InChI=1S/C22H22N6O4/c1-32-14-6-7-15-12(8-14)9-16(26-15)17-21(29)28(13-4-2-11(3-5-13)22(30)31)20-18(27-17)19(23)24-10-25-20/h6-11,13,26H,2-5H2,1H3,(H,30,31)(H2,23,24,25). The second-order valence-electron chi connectivity index (χ2n) is 8.05. The number of anilines is 1. The van der Waals surface area contributed by atoms with E-state index in [9.17, 15) is 14.7 Å². The number of aromatic nitrogens is 5. The Labute approximate surface area is 182 Å². The number of carbonyl (C=O) groups is 1. The van der Waals surface area contributed by atoms with Crippen LogP contribution >= 0.6 is 0 Å². The number of carboxylic acids is 1. The molecule has 0 radical (unpaired) electrons. The summed E-state index contributed by atoms with van der Waals surface area (Å²) in [6.45, 7) is 0. The van der Waals surface area contributed by atoms with Gasteiger partial charge in [0.25, 0.3) is 5.56 Å². The van der Waals surface area contributed by atoms with E-state index in [2.05, 4.69) is 19.9 Å². The molecule has 1 aliphatic carbocycles. The number of benzene rings is 1. The highest BCUT2D eigenvalue weighted by Crippen LogP contribution is 2.34. The zero-order chi connectivity index (χ0) is 22.4. The van der Waals surface area contributed by atoms with Crippen LogP contribution in [0, 0.1) is 5.92 Å². The summed E-state index contributed by atoms with van der Waals surface area (Å²) in [5.41, 5.74) is 8.11. The Morgan fingerprint density at radius 1 is 1.22 bits per heavy atom. The number of nitrogens with one attached hydrogen (secondary N) is 1. The molecule has 3 aromatic heterocycles. The number of rotatable bonds is 4. The van der Waals surface area contributed by atoms with Crippen LogP contribution in [0.4, 0.5) is 5.82 Å². The first-order valence-corrected chi connectivity index (χ1v) is 10.4. The topological polar surface area (TPSA) is 149 Å². The van der Waals surface area contributed by atoms with Crippen LogP contribution in [-0.4, -0.2) is 42.7 Å². The average Bonchev–Trinajstić information content (AvgIpc) is 3.22. The summed E-state index contributed by atoms with van der Waals surface area (Å²) in [5, 5.41) is 10.2. The third-order valence-corrected chi connectivity index (χ3v) is 6.20. The minimum Gasteiger partial charge on any atom is -0.497 e. The van der Waals surface area contributed by atoms with Crippen molar-refractivity contribution in [1.29, 1.82) is 0 Å². The zero-order valence-electron chi connectivity index (χ0n) is 17.4. The molecule has 3 heterocycles.